The van der Waals surface area contributed by atoms with Gasteiger partial charge in [0.1, 0.15) is 5.75 Å². The second kappa shape index (κ2) is 7.55. The Hall–Kier alpha value is -3.62. The Bertz CT molecular complexity index is 962. The van der Waals surface area contributed by atoms with Crippen LogP contribution in [-0.4, -0.2) is 24.4 Å². The number of amides is 1. The van der Waals surface area contributed by atoms with Crippen molar-refractivity contribution in [3.63, 3.8) is 0 Å². The van der Waals surface area contributed by atoms with Gasteiger partial charge in [-0.1, -0.05) is 12.1 Å². The maximum Gasteiger partial charge on any atom is 0.416 e. The summed E-state index contributed by atoms with van der Waals surface area (Å²) < 4.78 is 48.0. The number of carbonyl (C=O) groups is 2. The number of hydrogen-bond acceptors (Lipinski definition) is 5. The number of ether oxygens (including phenoxy) is 2. The molecule has 144 valence electrons. The highest BCUT2D eigenvalue weighted by Gasteiger charge is 2.31. The number of benzene rings is 2. The van der Waals surface area contributed by atoms with Gasteiger partial charge in [0.05, 0.1) is 5.56 Å². The van der Waals surface area contributed by atoms with Crippen LogP contribution in [0, 0.1) is 0 Å². The summed E-state index contributed by atoms with van der Waals surface area (Å²) in [6.07, 6.45) is -3.00. The van der Waals surface area contributed by atoms with E-state index in [1.165, 1.54) is 18.2 Å². The third kappa shape index (κ3) is 4.56. The smallest absolute Gasteiger partial charge is 0.416 e. The van der Waals surface area contributed by atoms with Crippen molar-refractivity contribution in [2.75, 3.05) is 6.61 Å². The number of halogens is 3. The molecule has 0 radical (unpaired) electrons. The molecule has 9 heteroatoms. The molecule has 1 heterocycles. The number of cyclic esters (lactones) is 1. The highest BCUT2D eigenvalue weighted by atomic mass is 19.4. The summed E-state index contributed by atoms with van der Waals surface area (Å²) in [6.45, 7) is -0.256. The molecule has 2 N–H and O–H groups in total. The van der Waals surface area contributed by atoms with Gasteiger partial charge in [0.25, 0.3) is 5.91 Å². The van der Waals surface area contributed by atoms with E-state index in [1.54, 1.807) is 24.3 Å². The van der Waals surface area contributed by atoms with Crippen LogP contribution < -0.4 is 10.5 Å². The topological polar surface area (TPSA) is 91.0 Å². The molecule has 6 nitrogen and oxygen atoms in total. The third-order valence-electron chi connectivity index (χ3n) is 3.64. The van der Waals surface area contributed by atoms with Gasteiger partial charge >= 0.3 is 12.1 Å². The van der Waals surface area contributed by atoms with E-state index in [2.05, 4.69) is 4.99 Å². The molecule has 0 aliphatic carbocycles. The Morgan fingerprint density at radius 3 is 2.32 bits per heavy atom. The number of primary amides is 1. The van der Waals surface area contributed by atoms with Gasteiger partial charge in [0.15, 0.2) is 12.3 Å². The standard InChI is InChI=1S/C19H13F3N2O4/c20-19(21,22)13-5-3-12(4-6-13)17-24-15(18(26)28-17)9-11-1-7-14(8-2-11)27-10-16(23)25/h1-9H,10H2,(H2,23,25)/b15-9-. The number of aliphatic imine (C=N–C) groups is 1. The number of nitrogens with two attached hydrogens (primary N) is 1. The fourth-order valence-corrected chi connectivity index (χ4v) is 2.31. The molecule has 0 fully saturated rings. The average molecular weight is 390 g/mol. The SMILES string of the molecule is NC(=O)COc1ccc(/C=C2\N=C(c3ccc(C(F)(F)F)cc3)OC2=O)cc1. The van der Waals surface area contributed by atoms with Crippen molar-refractivity contribution in [2.24, 2.45) is 10.7 Å². The lowest BCUT2D eigenvalue weighted by Gasteiger charge is -2.06. The zero-order valence-electron chi connectivity index (χ0n) is 14.2. The summed E-state index contributed by atoms with van der Waals surface area (Å²) in [5, 5.41) is 0. The highest BCUT2D eigenvalue weighted by Crippen LogP contribution is 2.29. The average Bonchev–Trinajstić information content (AvgIpc) is 3.01. The molecule has 2 aromatic carbocycles. The molecule has 2 aromatic rings. The van der Waals surface area contributed by atoms with Crippen molar-refractivity contribution >= 4 is 23.9 Å². The molecule has 1 aliphatic heterocycles. The number of hydrogen-bond donors (Lipinski definition) is 1. The number of esters is 1. The van der Waals surface area contributed by atoms with Gasteiger partial charge in [0.2, 0.25) is 5.90 Å². The predicted octanol–water partition coefficient (Wildman–Crippen LogP) is 2.91. The molecule has 1 aliphatic rings. The minimum absolute atomic E-state index is 0.000650. The summed E-state index contributed by atoms with van der Waals surface area (Å²) in [5.41, 5.74) is 5.04. The first-order chi connectivity index (χ1) is 13.2. The van der Waals surface area contributed by atoms with Crippen LogP contribution in [0.25, 0.3) is 6.08 Å². The highest BCUT2D eigenvalue weighted by molar-refractivity contribution is 6.12. The molecule has 0 saturated carbocycles. The molecule has 0 saturated heterocycles. The Morgan fingerprint density at radius 2 is 1.75 bits per heavy atom. The van der Waals surface area contributed by atoms with Gasteiger partial charge in [-0.25, -0.2) is 9.79 Å². The zero-order valence-corrected chi connectivity index (χ0v) is 14.2. The van der Waals surface area contributed by atoms with Crippen LogP contribution in [0.4, 0.5) is 13.2 Å². The first-order valence-corrected chi connectivity index (χ1v) is 7.94. The van der Waals surface area contributed by atoms with Crippen LogP contribution in [0.3, 0.4) is 0 Å². The number of rotatable bonds is 5. The van der Waals surface area contributed by atoms with Crippen LogP contribution in [0.1, 0.15) is 16.7 Å². The quantitative estimate of drug-likeness (QED) is 0.628. The zero-order chi connectivity index (χ0) is 20.3. The molecule has 0 spiro atoms. The van der Waals surface area contributed by atoms with Crippen LogP contribution in [-0.2, 0) is 20.5 Å². The minimum atomic E-state index is -4.45. The summed E-state index contributed by atoms with van der Waals surface area (Å²) in [4.78, 5) is 26.7. The van der Waals surface area contributed by atoms with Gasteiger partial charge < -0.3 is 15.2 Å². The molecular formula is C19H13F3N2O4. The van der Waals surface area contributed by atoms with Crippen molar-refractivity contribution in [1.29, 1.82) is 0 Å². The van der Waals surface area contributed by atoms with Crippen molar-refractivity contribution in [2.45, 2.75) is 6.18 Å². The summed E-state index contributed by atoms with van der Waals surface area (Å²) in [6, 6.07) is 10.6. The van der Waals surface area contributed by atoms with Gasteiger partial charge in [-0.2, -0.15) is 13.2 Å². The second-order valence-electron chi connectivity index (χ2n) is 5.74. The first kappa shape index (κ1) is 19.2. The molecule has 28 heavy (non-hydrogen) atoms. The van der Waals surface area contributed by atoms with E-state index in [0.717, 1.165) is 12.1 Å². The maximum absolute atomic E-state index is 12.6. The second-order valence-corrected chi connectivity index (χ2v) is 5.74. The monoisotopic (exact) mass is 390 g/mol. The summed E-state index contributed by atoms with van der Waals surface area (Å²) >= 11 is 0. The van der Waals surface area contributed by atoms with E-state index in [1.807, 2.05) is 0 Å². The number of nitrogens with zero attached hydrogens (tertiary/aromatic N) is 1. The van der Waals surface area contributed by atoms with E-state index in [9.17, 15) is 22.8 Å². The predicted molar refractivity (Wildman–Crippen MR) is 93.2 cm³/mol. The lowest BCUT2D eigenvalue weighted by molar-refractivity contribution is -0.137. The van der Waals surface area contributed by atoms with Crippen LogP contribution in [0.15, 0.2) is 59.2 Å². The van der Waals surface area contributed by atoms with Crippen LogP contribution in [0.2, 0.25) is 0 Å². The van der Waals surface area contributed by atoms with Crippen LogP contribution >= 0.6 is 0 Å². The van der Waals surface area contributed by atoms with Gasteiger partial charge in [-0.15, -0.1) is 0 Å². The molecule has 0 atom stereocenters. The molecule has 3 rings (SSSR count). The fraction of sp³-hybridized carbons (Fsp3) is 0.105. The Morgan fingerprint density at radius 1 is 1.11 bits per heavy atom. The summed E-state index contributed by atoms with van der Waals surface area (Å²) in [5.74, 6) is -0.982. The van der Waals surface area contributed by atoms with Gasteiger partial charge in [-0.3, -0.25) is 4.79 Å². The number of alkyl halides is 3. The van der Waals surface area contributed by atoms with Crippen LogP contribution in [0.5, 0.6) is 5.75 Å². The van der Waals surface area contributed by atoms with E-state index in [4.69, 9.17) is 15.2 Å². The van der Waals surface area contributed by atoms with Crippen molar-refractivity contribution < 1.29 is 32.2 Å². The lowest BCUT2D eigenvalue weighted by Crippen LogP contribution is -2.19. The summed E-state index contributed by atoms with van der Waals surface area (Å²) in [7, 11) is 0. The number of carbonyl (C=O) groups excluding carboxylic acids is 2. The first-order valence-electron chi connectivity index (χ1n) is 7.94. The van der Waals surface area contributed by atoms with E-state index in [-0.39, 0.29) is 23.8 Å². The Labute approximate surface area is 157 Å². The molecule has 0 bridgehead atoms. The molecular weight excluding hydrogens is 377 g/mol. The Balaban J connectivity index is 1.77. The van der Waals surface area contributed by atoms with E-state index < -0.39 is 23.6 Å². The largest absolute Gasteiger partial charge is 0.484 e. The molecule has 0 unspecified atom stereocenters. The molecule has 1 amide bonds. The third-order valence-corrected chi connectivity index (χ3v) is 3.64. The van der Waals surface area contributed by atoms with Crippen molar-refractivity contribution in [3.8, 4) is 5.75 Å². The van der Waals surface area contributed by atoms with Gasteiger partial charge in [-0.05, 0) is 48.0 Å². The maximum atomic E-state index is 12.6. The van der Waals surface area contributed by atoms with E-state index in [0.29, 0.717) is 11.3 Å². The minimum Gasteiger partial charge on any atom is -0.484 e. The van der Waals surface area contributed by atoms with E-state index >= 15 is 0 Å². The van der Waals surface area contributed by atoms with Crippen molar-refractivity contribution in [1.82, 2.24) is 0 Å². The van der Waals surface area contributed by atoms with Crippen molar-refractivity contribution in [3.05, 3.63) is 70.9 Å². The normalized spacial score (nSPS) is 15.3. The lowest BCUT2D eigenvalue weighted by atomic mass is 10.1. The van der Waals surface area contributed by atoms with Gasteiger partial charge in [0, 0.05) is 5.56 Å². The molecule has 0 aromatic heterocycles. The Kier molecular flexibility index (Phi) is 5.16. The fourth-order valence-electron chi connectivity index (χ4n) is 2.31.